The van der Waals surface area contributed by atoms with Crippen molar-refractivity contribution >= 4 is 28.4 Å². The number of fused-ring (bicyclic) bond motifs is 1. The van der Waals surface area contributed by atoms with Crippen molar-refractivity contribution in [3.8, 4) is 0 Å². The number of ether oxygens (including phenoxy) is 1. The van der Waals surface area contributed by atoms with Crippen LogP contribution in [0.1, 0.15) is 11.4 Å². The Bertz CT molecular complexity index is 992. The molecule has 1 saturated heterocycles. The van der Waals surface area contributed by atoms with Crippen molar-refractivity contribution < 1.29 is 9.66 Å². The number of non-ortho nitro benzene ring substituents is 1. The molecule has 0 atom stereocenters. The maximum atomic E-state index is 11.0. The van der Waals surface area contributed by atoms with Gasteiger partial charge in [0, 0.05) is 36.4 Å². The highest BCUT2D eigenvalue weighted by Crippen LogP contribution is 2.29. The van der Waals surface area contributed by atoms with E-state index in [2.05, 4.69) is 4.90 Å². The second kappa shape index (κ2) is 8.64. The van der Waals surface area contributed by atoms with E-state index in [4.69, 9.17) is 14.7 Å². The molecule has 1 fully saturated rings. The van der Waals surface area contributed by atoms with Gasteiger partial charge in [-0.3, -0.25) is 15.0 Å². The van der Waals surface area contributed by atoms with Gasteiger partial charge in [0.05, 0.1) is 30.2 Å². The molecule has 0 radical (unpaired) electrons. The minimum absolute atomic E-state index is 0.110. The number of nitro benzene ring substituents is 1. The van der Waals surface area contributed by atoms with E-state index in [1.165, 1.54) is 6.07 Å². The molecule has 0 unspecified atom stereocenters. The lowest BCUT2D eigenvalue weighted by molar-refractivity contribution is -0.384. The molecule has 28 heavy (non-hydrogen) atoms. The van der Waals surface area contributed by atoms with Crippen LogP contribution in [0.25, 0.3) is 10.9 Å². The van der Waals surface area contributed by atoms with E-state index in [1.54, 1.807) is 23.9 Å². The number of benzene rings is 2. The summed E-state index contributed by atoms with van der Waals surface area (Å²) >= 11 is 1.58. The second-order valence-corrected chi connectivity index (χ2v) is 7.53. The number of morpholine rings is 1. The minimum Gasteiger partial charge on any atom is -0.379 e. The third kappa shape index (κ3) is 4.46. The average molecular weight is 396 g/mol. The summed E-state index contributed by atoms with van der Waals surface area (Å²) in [4.78, 5) is 22.5. The fraction of sp³-hybridized carbons (Fsp3) is 0.300. The number of rotatable bonds is 6. The molecule has 7 nitrogen and oxygen atoms in total. The van der Waals surface area contributed by atoms with Crippen LogP contribution in [0.15, 0.2) is 53.6 Å². The molecule has 1 aromatic heterocycles. The van der Waals surface area contributed by atoms with Crippen LogP contribution < -0.4 is 0 Å². The number of hydrogen-bond acceptors (Lipinski definition) is 7. The van der Waals surface area contributed by atoms with Crippen molar-refractivity contribution in [2.45, 2.75) is 17.3 Å². The van der Waals surface area contributed by atoms with Crippen molar-refractivity contribution in [1.29, 1.82) is 0 Å². The molecule has 2 aromatic carbocycles. The molecule has 0 bridgehead atoms. The first-order valence-electron chi connectivity index (χ1n) is 9.11. The molecule has 3 aromatic rings. The van der Waals surface area contributed by atoms with E-state index in [1.807, 2.05) is 30.3 Å². The Morgan fingerprint density at radius 3 is 2.75 bits per heavy atom. The van der Waals surface area contributed by atoms with Gasteiger partial charge >= 0.3 is 0 Å². The first-order valence-corrected chi connectivity index (χ1v) is 10.1. The van der Waals surface area contributed by atoms with Gasteiger partial charge in [-0.05, 0) is 11.6 Å². The summed E-state index contributed by atoms with van der Waals surface area (Å²) in [6.45, 7) is 3.93. The van der Waals surface area contributed by atoms with Crippen molar-refractivity contribution in [2.75, 3.05) is 26.3 Å². The molecule has 0 aliphatic carbocycles. The number of nitro groups is 1. The number of aromatic nitrogens is 2. The normalized spacial score (nSPS) is 15.0. The second-order valence-electron chi connectivity index (χ2n) is 6.57. The quantitative estimate of drug-likeness (QED) is 0.272. The lowest BCUT2D eigenvalue weighted by Crippen LogP contribution is -2.36. The number of thioether (sulfide) groups is 1. The highest BCUT2D eigenvalue weighted by Gasteiger charge is 2.15. The average Bonchev–Trinajstić information content (AvgIpc) is 2.73. The fourth-order valence-corrected chi connectivity index (χ4v) is 4.13. The summed E-state index contributed by atoms with van der Waals surface area (Å²) in [5.74, 6) is 1.40. The fourth-order valence-electron chi connectivity index (χ4n) is 3.14. The molecule has 4 rings (SSSR count). The number of hydrogen-bond donors (Lipinski definition) is 0. The van der Waals surface area contributed by atoms with Crippen molar-refractivity contribution in [3.05, 3.63) is 70.0 Å². The van der Waals surface area contributed by atoms with E-state index >= 15 is 0 Å². The van der Waals surface area contributed by atoms with Gasteiger partial charge in [0.15, 0.2) is 0 Å². The molecule has 1 aliphatic heterocycles. The zero-order valence-electron chi connectivity index (χ0n) is 15.3. The Labute approximate surface area is 166 Å². The topological polar surface area (TPSA) is 81.4 Å². The Morgan fingerprint density at radius 1 is 1.11 bits per heavy atom. The van der Waals surface area contributed by atoms with Crippen LogP contribution in [-0.2, 0) is 17.0 Å². The monoisotopic (exact) mass is 396 g/mol. The number of para-hydroxylation sites is 1. The molecular formula is C20H20N4O3S. The molecular weight excluding hydrogens is 376 g/mol. The third-order valence-electron chi connectivity index (χ3n) is 4.58. The van der Waals surface area contributed by atoms with Gasteiger partial charge in [0.25, 0.3) is 5.69 Å². The number of nitrogens with zero attached hydrogens (tertiary/aromatic N) is 4. The minimum atomic E-state index is -0.366. The van der Waals surface area contributed by atoms with E-state index in [0.29, 0.717) is 12.3 Å². The summed E-state index contributed by atoms with van der Waals surface area (Å²) < 4.78 is 5.41. The van der Waals surface area contributed by atoms with Crippen LogP contribution in [0.5, 0.6) is 0 Å². The highest BCUT2D eigenvalue weighted by atomic mass is 32.2. The van der Waals surface area contributed by atoms with Gasteiger partial charge in [0.2, 0.25) is 0 Å². The van der Waals surface area contributed by atoms with Gasteiger partial charge in [0.1, 0.15) is 10.9 Å². The highest BCUT2D eigenvalue weighted by molar-refractivity contribution is 7.98. The largest absolute Gasteiger partial charge is 0.379 e. The van der Waals surface area contributed by atoms with E-state index in [-0.39, 0.29) is 10.6 Å². The van der Waals surface area contributed by atoms with Gasteiger partial charge in [-0.15, -0.1) is 11.8 Å². The molecule has 0 amide bonds. The summed E-state index contributed by atoms with van der Waals surface area (Å²) in [6, 6.07) is 14.7. The molecule has 8 heteroatoms. The van der Waals surface area contributed by atoms with Crippen LogP contribution in [0.2, 0.25) is 0 Å². The standard InChI is InChI=1S/C20H20N4O3S/c25-24(26)16-5-3-4-15(12-16)14-28-20-17-6-1-2-7-18(17)21-19(22-20)13-23-8-10-27-11-9-23/h1-7,12H,8-11,13-14H2. The van der Waals surface area contributed by atoms with Crippen molar-refractivity contribution in [2.24, 2.45) is 0 Å². The van der Waals surface area contributed by atoms with Crippen molar-refractivity contribution in [3.63, 3.8) is 0 Å². The van der Waals surface area contributed by atoms with Crippen LogP contribution in [0.3, 0.4) is 0 Å². The van der Waals surface area contributed by atoms with Crippen LogP contribution >= 0.6 is 11.8 Å². The first kappa shape index (κ1) is 18.8. The van der Waals surface area contributed by atoms with Crippen LogP contribution in [0.4, 0.5) is 5.69 Å². The lowest BCUT2D eigenvalue weighted by atomic mass is 10.2. The van der Waals surface area contributed by atoms with Crippen LogP contribution in [0, 0.1) is 10.1 Å². The van der Waals surface area contributed by atoms with E-state index in [9.17, 15) is 10.1 Å². The molecule has 2 heterocycles. The smallest absolute Gasteiger partial charge is 0.269 e. The van der Waals surface area contributed by atoms with Gasteiger partial charge < -0.3 is 4.74 Å². The summed E-state index contributed by atoms with van der Waals surface area (Å²) in [5, 5.41) is 12.9. The molecule has 0 saturated carbocycles. The van der Waals surface area contributed by atoms with Gasteiger partial charge in [-0.2, -0.15) is 0 Å². The van der Waals surface area contributed by atoms with Crippen molar-refractivity contribution in [1.82, 2.24) is 14.9 Å². The van der Waals surface area contributed by atoms with Crippen LogP contribution in [-0.4, -0.2) is 46.1 Å². The Kier molecular flexibility index (Phi) is 5.80. The zero-order chi connectivity index (χ0) is 19.3. The summed E-state index contributed by atoms with van der Waals surface area (Å²) in [7, 11) is 0. The Balaban J connectivity index is 1.58. The maximum absolute atomic E-state index is 11.0. The molecule has 1 aliphatic rings. The maximum Gasteiger partial charge on any atom is 0.269 e. The summed E-state index contributed by atoms with van der Waals surface area (Å²) in [5.41, 5.74) is 1.93. The SMILES string of the molecule is O=[N+]([O-])c1cccc(CSc2nc(CN3CCOCC3)nc3ccccc23)c1. The third-order valence-corrected chi connectivity index (χ3v) is 5.64. The molecule has 144 valence electrons. The predicted octanol–water partition coefficient (Wildman–Crippen LogP) is 3.66. The summed E-state index contributed by atoms with van der Waals surface area (Å²) in [6.07, 6.45) is 0. The van der Waals surface area contributed by atoms with Gasteiger partial charge in [-0.25, -0.2) is 9.97 Å². The predicted molar refractivity (Wildman–Crippen MR) is 108 cm³/mol. The lowest BCUT2D eigenvalue weighted by Gasteiger charge is -2.25. The van der Waals surface area contributed by atoms with E-state index < -0.39 is 0 Å². The molecule has 0 N–H and O–H groups in total. The molecule has 0 spiro atoms. The Hall–Kier alpha value is -2.55. The van der Waals surface area contributed by atoms with Gasteiger partial charge in [-0.1, -0.05) is 30.3 Å². The van der Waals surface area contributed by atoms with E-state index in [0.717, 1.165) is 53.6 Å². The Morgan fingerprint density at radius 2 is 1.93 bits per heavy atom. The zero-order valence-corrected chi connectivity index (χ0v) is 16.1. The first-order chi connectivity index (χ1) is 13.7.